The monoisotopic (exact) mass is 219 g/mol. The first-order valence-corrected chi connectivity index (χ1v) is 6.29. The zero-order chi connectivity index (χ0) is 11.4. The van der Waals surface area contributed by atoms with E-state index in [1.54, 1.807) is 6.07 Å². The van der Waals surface area contributed by atoms with E-state index in [9.17, 15) is 5.11 Å². The third-order valence-electron chi connectivity index (χ3n) is 3.57. The molecule has 0 aliphatic carbocycles. The highest BCUT2D eigenvalue weighted by atomic mass is 16.3. The van der Waals surface area contributed by atoms with Gasteiger partial charge in [0.05, 0.1) is 0 Å². The molecule has 1 fully saturated rings. The molecule has 0 spiro atoms. The largest absolute Gasteiger partial charge is 0.508 e. The number of phenolic OH excluding ortho intramolecular Hbond substituents is 1. The van der Waals surface area contributed by atoms with Crippen LogP contribution in [0.15, 0.2) is 24.3 Å². The maximum absolute atomic E-state index is 9.74. The fraction of sp³-hybridized carbons (Fsp3) is 0.571. The van der Waals surface area contributed by atoms with Crippen LogP contribution >= 0.6 is 0 Å². The molecule has 1 heterocycles. The molecule has 1 atom stereocenters. The van der Waals surface area contributed by atoms with Gasteiger partial charge in [0.15, 0.2) is 0 Å². The van der Waals surface area contributed by atoms with Crippen molar-refractivity contribution in [1.29, 1.82) is 0 Å². The first-order valence-electron chi connectivity index (χ1n) is 6.29. The van der Waals surface area contributed by atoms with Crippen LogP contribution < -0.4 is 0 Å². The molecule has 2 rings (SSSR count). The Hall–Kier alpha value is -1.02. The van der Waals surface area contributed by atoms with Crippen molar-refractivity contribution in [1.82, 2.24) is 4.90 Å². The highest BCUT2D eigenvalue weighted by molar-refractivity contribution is 5.31. The predicted octanol–water partition coefficient (Wildman–Crippen LogP) is 3.01. The zero-order valence-corrected chi connectivity index (χ0v) is 10.0. The number of aromatic hydroxyl groups is 1. The topological polar surface area (TPSA) is 23.5 Å². The van der Waals surface area contributed by atoms with Gasteiger partial charge in [0.2, 0.25) is 0 Å². The molecule has 1 aliphatic rings. The van der Waals surface area contributed by atoms with Crippen LogP contribution in [0.1, 0.15) is 31.7 Å². The van der Waals surface area contributed by atoms with Crippen LogP contribution in [0, 0.1) is 5.92 Å². The number of para-hydroxylation sites is 1. The number of nitrogens with zero attached hydrogens (tertiary/aromatic N) is 1. The molecule has 0 saturated carbocycles. The lowest BCUT2D eigenvalue weighted by Gasteiger charge is -2.32. The van der Waals surface area contributed by atoms with Gasteiger partial charge in [0, 0.05) is 18.7 Å². The van der Waals surface area contributed by atoms with Crippen molar-refractivity contribution >= 4 is 0 Å². The molecule has 88 valence electrons. The van der Waals surface area contributed by atoms with Gasteiger partial charge < -0.3 is 5.11 Å². The van der Waals surface area contributed by atoms with E-state index in [0.717, 1.165) is 18.0 Å². The molecular weight excluding hydrogens is 198 g/mol. The normalized spacial score (nSPS) is 22.2. The second kappa shape index (κ2) is 5.35. The van der Waals surface area contributed by atoms with Gasteiger partial charge in [0.25, 0.3) is 0 Å². The van der Waals surface area contributed by atoms with Crippen LogP contribution in [0.2, 0.25) is 0 Å². The molecule has 0 amide bonds. The van der Waals surface area contributed by atoms with Crippen molar-refractivity contribution in [2.45, 2.75) is 32.7 Å². The van der Waals surface area contributed by atoms with Gasteiger partial charge in [-0.25, -0.2) is 0 Å². The third kappa shape index (κ3) is 2.76. The van der Waals surface area contributed by atoms with E-state index < -0.39 is 0 Å². The van der Waals surface area contributed by atoms with Gasteiger partial charge >= 0.3 is 0 Å². The van der Waals surface area contributed by atoms with E-state index in [1.165, 1.54) is 32.4 Å². The summed E-state index contributed by atoms with van der Waals surface area (Å²) in [5.74, 6) is 1.28. The average molecular weight is 219 g/mol. The maximum atomic E-state index is 9.74. The molecule has 0 radical (unpaired) electrons. The van der Waals surface area contributed by atoms with E-state index >= 15 is 0 Å². The Bertz CT molecular complexity index is 337. The van der Waals surface area contributed by atoms with Crippen molar-refractivity contribution in [3.05, 3.63) is 29.8 Å². The van der Waals surface area contributed by atoms with Crippen LogP contribution in [0.25, 0.3) is 0 Å². The summed E-state index contributed by atoms with van der Waals surface area (Å²) >= 11 is 0. The minimum Gasteiger partial charge on any atom is -0.508 e. The second-order valence-electron chi connectivity index (χ2n) is 4.78. The minimum atomic E-state index is 0.432. The van der Waals surface area contributed by atoms with Crippen molar-refractivity contribution in [3.8, 4) is 5.75 Å². The maximum Gasteiger partial charge on any atom is 0.120 e. The summed E-state index contributed by atoms with van der Waals surface area (Å²) in [6.07, 6.45) is 3.94. The van der Waals surface area contributed by atoms with Crippen LogP contribution in [-0.2, 0) is 6.54 Å². The summed E-state index contributed by atoms with van der Waals surface area (Å²) in [5, 5.41) is 9.74. The van der Waals surface area contributed by atoms with Crippen molar-refractivity contribution in [2.75, 3.05) is 13.1 Å². The van der Waals surface area contributed by atoms with Gasteiger partial charge in [-0.05, 0) is 31.4 Å². The lowest BCUT2D eigenvalue weighted by atomic mass is 9.95. The van der Waals surface area contributed by atoms with Gasteiger partial charge in [0.1, 0.15) is 5.75 Å². The third-order valence-corrected chi connectivity index (χ3v) is 3.57. The number of benzene rings is 1. The Balaban J connectivity index is 1.97. The van der Waals surface area contributed by atoms with Crippen molar-refractivity contribution in [3.63, 3.8) is 0 Å². The van der Waals surface area contributed by atoms with Crippen LogP contribution in [0.5, 0.6) is 5.75 Å². The van der Waals surface area contributed by atoms with E-state index in [1.807, 2.05) is 18.2 Å². The van der Waals surface area contributed by atoms with Gasteiger partial charge in [-0.1, -0.05) is 31.5 Å². The molecule has 0 bridgehead atoms. The molecular formula is C14H21NO. The van der Waals surface area contributed by atoms with Crippen LogP contribution in [-0.4, -0.2) is 23.1 Å². The number of phenols is 1. The molecule has 1 saturated heterocycles. The number of hydrogen-bond acceptors (Lipinski definition) is 2. The Labute approximate surface area is 97.9 Å². The lowest BCUT2D eigenvalue weighted by Crippen LogP contribution is -2.34. The molecule has 2 nitrogen and oxygen atoms in total. The Morgan fingerprint density at radius 1 is 1.38 bits per heavy atom. The molecule has 1 N–H and O–H groups in total. The van der Waals surface area contributed by atoms with E-state index in [-0.39, 0.29) is 0 Å². The number of piperidine rings is 1. The van der Waals surface area contributed by atoms with E-state index in [0.29, 0.717) is 5.75 Å². The number of likely N-dealkylation sites (tertiary alicyclic amines) is 1. The first-order chi connectivity index (χ1) is 7.79. The zero-order valence-electron chi connectivity index (χ0n) is 10.0. The Morgan fingerprint density at radius 2 is 2.19 bits per heavy atom. The predicted molar refractivity (Wildman–Crippen MR) is 66.4 cm³/mol. The smallest absolute Gasteiger partial charge is 0.120 e. The van der Waals surface area contributed by atoms with Crippen molar-refractivity contribution < 1.29 is 5.11 Å². The first kappa shape index (κ1) is 11.5. The summed E-state index contributed by atoms with van der Waals surface area (Å²) < 4.78 is 0. The minimum absolute atomic E-state index is 0.432. The molecule has 1 unspecified atom stereocenters. The standard InChI is InChI=1S/C14H21NO/c1-2-12-6-5-9-15(10-12)11-13-7-3-4-8-14(13)16/h3-4,7-8,12,16H,2,5-6,9-11H2,1H3. The summed E-state index contributed by atoms with van der Waals surface area (Å²) in [4.78, 5) is 2.46. The fourth-order valence-corrected chi connectivity index (χ4v) is 2.51. The molecule has 1 aromatic rings. The average Bonchev–Trinajstić information content (AvgIpc) is 2.32. The number of rotatable bonds is 3. The Morgan fingerprint density at radius 3 is 2.94 bits per heavy atom. The SMILES string of the molecule is CCC1CCCN(Cc2ccccc2O)C1. The summed E-state index contributed by atoms with van der Waals surface area (Å²) in [5.41, 5.74) is 1.05. The highest BCUT2D eigenvalue weighted by Crippen LogP contribution is 2.23. The van der Waals surface area contributed by atoms with Crippen LogP contribution in [0.4, 0.5) is 0 Å². The Kier molecular flexibility index (Phi) is 3.83. The molecule has 2 heteroatoms. The van der Waals surface area contributed by atoms with Crippen molar-refractivity contribution in [2.24, 2.45) is 5.92 Å². The second-order valence-corrected chi connectivity index (χ2v) is 4.78. The number of hydrogen-bond donors (Lipinski definition) is 1. The van der Waals surface area contributed by atoms with E-state index in [2.05, 4.69) is 11.8 Å². The van der Waals surface area contributed by atoms with Gasteiger partial charge in [-0.2, -0.15) is 0 Å². The summed E-state index contributed by atoms with van der Waals surface area (Å²) in [6.45, 7) is 5.52. The molecule has 1 aromatic carbocycles. The summed E-state index contributed by atoms with van der Waals surface area (Å²) in [6, 6.07) is 7.67. The highest BCUT2D eigenvalue weighted by Gasteiger charge is 2.18. The molecule has 0 aromatic heterocycles. The fourth-order valence-electron chi connectivity index (χ4n) is 2.51. The van der Waals surface area contributed by atoms with Gasteiger partial charge in [-0.15, -0.1) is 0 Å². The summed E-state index contributed by atoms with van der Waals surface area (Å²) in [7, 11) is 0. The lowest BCUT2D eigenvalue weighted by molar-refractivity contribution is 0.163. The molecule has 1 aliphatic heterocycles. The van der Waals surface area contributed by atoms with Gasteiger partial charge in [-0.3, -0.25) is 4.90 Å². The quantitative estimate of drug-likeness (QED) is 0.844. The van der Waals surface area contributed by atoms with E-state index in [4.69, 9.17) is 0 Å². The van der Waals surface area contributed by atoms with Crippen LogP contribution in [0.3, 0.4) is 0 Å². The molecule has 16 heavy (non-hydrogen) atoms.